The fraction of sp³-hybridized carbons (Fsp3) is 0. The summed E-state index contributed by atoms with van der Waals surface area (Å²) in [4.78, 5) is 25.3. The Morgan fingerprint density at radius 1 is 0.189 bits per heavy atom. The smallest absolute Gasteiger partial charge is 0.164 e. The molecule has 106 heavy (non-hydrogen) atoms. The molecule has 0 atom stereocenters. The van der Waals surface area contributed by atoms with E-state index in [-0.39, 0.29) is 0 Å². The van der Waals surface area contributed by atoms with Crippen LogP contribution >= 0.6 is 11.3 Å². The molecule has 0 aliphatic heterocycles. The molecule has 21 rings (SSSR count). The first-order valence-electron chi connectivity index (χ1n) is 35.7. The van der Waals surface area contributed by atoms with Gasteiger partial charge in [-0.25, -0.2) is 24.9 Å². The Labute approximate surface area is 615 Å². The van der Waals surface area contributed by atoms with Gasteiger partial charge in [0.2, 0.25) is 0 Å². The van der Waals surface area contributed by atoms with E-state index in [4.69, 9.17) is 24.9 Å². The van der Waals surface area contributed by atoms with Crippen molar-refractivity contribution in [1.29, 1.82) is 0 Å². The average Bonchev–Trinajstić information content (AvgIpc) is 1.56. The molecule has 0 bridgehead atoms. The van der Waals surface area contributed by atoms with Gasteiger partial charge in [0.25, 0.3) is 0 Å². The number of hydrogen-bond acceptors (Lipinski definition) is 6. The van der Waals surface area contributed by atoms with Crippen molar-refractivity contribution in [2.24, 2.45) is 0 Å². The third-order valence-electron chi connectivity index (χ3n) is 20.4. The van der Waals surface area contributed by atoms with Gasteiger partial charge in [-0.05, 0) is 125 Å². The van der Waals surface area contributed by atoms with Crippen molar-refractivity contribution in [2.75, 3.05) is 0 Å². The van der Waals surface area contributed by atoms with Crippen LogP contribution in [-0.4, -0.2) is 38.6 Å². The molecule has 0 saturated heterocycles. The van der Waals surface area contributed by atoms with Gasteiger partial charge in [-0.1, -0.05) is 273 Å². The minimum absolute atomic E-state index is 0.621. The molecule has 0 unspecified atom stereocenters. The Kier molecular flexibility index (Phi) is 15.2. The van der Waals surface area contributed by atoms with E-state index in [1.165, 1.54) is 85.7 Å². The third-order valence-corrected chi connectivity index (χ3v) is 21.6. The molecular weight excluding hydrogens is 1310 g/mol. The second kappa shape index (κ2) is 26.1. The molecule has 0 N–H and O–H groups in total. The number of hydrogen-bond donors (Lipinski definition) is 0. The lowest BCUT2D eigenvalue weighted by molar-refractivity contribution is 1.07. The Morgan fingerprint density at radius 2 is 0.557 bits per heavy atom. The summed E-state index contributed by atoms with van der Waals surface area (Å²) in [6.07, 6.45) is 0. The highest BCUT2D eigenvalue weighted by Crippen LogP contribution is 2.44. The van der Waals surface area contributed by atoms with Crippen LogP contribution in [0.3, 0.4) is 0 Å². The molecule has 0 radical (unpaired) electrons. The molecule has 0 amide bonds. The lowest BCUT2D eigenvalue weighted by Gasteiger charge is -2.12. The maximum absolute atomic E-state index is 5.12. The Hall–Kier alpha value is -14.0. The number of rotatable bonds is 11. The monoisotopic (exact) mass is 1370 g/mol. The zero-order chi connectivity index (χ0) is 70.0. The van der Waals surface area contributed by atoms with Crippen LogP contribution in [0.25, 0.3) is 193 Å². The molecule has 9 heteroatoms. The van der Waals surface area contributed by atoms with Gasteiger partial charge in [0, 0.05) is 103 Å². The molecule has 0 spiro atoms. The van der Waals surface area contributed by atoms with Gasteiger partial charge >= 0.3 is 0 Å². The van der Waals surface area contributed by atoms with E-state index in [1.807, 2.05) is 84.1 Å². The molecule has 496 valence electrons. The van der Waals surface area contributed by atoms with Gasteiger partial charge in [0.1, 0.15) is 0 Å². The van der Waals surface area contributed by atoms with Crippen molar-refractivity contribution in [2.45, 2.75) is 0 Å². The highest BCUT2D eigenvalue weighted by Gasteiger charge is 2.22. The zero-order valence-corrected chi connectivity index (χ0v) is 58.1. The number of aromatic nitrogens is 8. The Bertz CT molecular complexity index is 6850. The van der Waals surface area contributed by atoms with Gasteiger partial charge < -0.3 is 13.7 Å². The lowest BCUT2D eigenvalue weighted by atomic mass is 10.0. The summed E-state index contributed by atoms with van der Waals surface area (Å²) in [6, 6.07) is 133. The van der Waals surface area contributed by atoms with E-state index in [0.29, 0.717) is 23.3 Å². The van der Waals surface area contributed by atoms with Gasteiger partial charge in [0.15, 0.2) is 23.3 Å². The first-order chi connectivity index (χ1) is 52.5. The summed E-state index contributed by atoms with van der Waals surface area (Å²) >= 11 is 1.88. The summed E-state index contributed by atoms with van der Waals surface area (Å²) in [6.45, 7) is 0. The summed E-state index contributed by atoms with van der Waals surface area (Å²) < 4.78 is 9.79. The molecule has 21 aromatic rings. The number of para-hydroxylation sites is 4. The van der Waals surface area contributed by atoms with Crippen LogP contribution in [0.2, 0.25) is 0 Å². The SMILES string of the molecule is c1ccc(-c2cc(-c3ccccc3)nc(-c3ccc(-n4c5ccccc5c5cc(-c6cccc7c6sc6ccccc67)ccc54)cc3)n2)cc1.c1ccc(-c2ccc(-c3nc(-c4ccccc4)nc(-c4cccc(-n5c6ccccc6c6cc7c8ccccc8n(-c8ccccc8)c7cc65)c4)n3)cc2)cc1. The summed E-state index contributed by atoms with van der Waals surface area (Å²) in [5.74, 6) is 2.59. The summed E-state index contributed by atoms with van der Waals surface area (Å²) in [7, 11) is 0. The number of benzene rings is 15. The molecule has 6 heterocycles. The zero-order valence-electron chi connectivity index (χ0n) is 57.3. The third kappa shape index (κ3) is 11.0. The lowest BCUT2D eigenvalue weighted by Crippen LogP contribution is -2.01. The quantitative estimate of drug-likeness (QED) is 0.129. The summed E-state index contributed by atoms with van der Waals surface area (Å²) in [5, 5.41) is 10.0. The minimum atomic E-state index is 0.621. The standard InChI is InChI=1S/C51H33N5.C46H29N3S/c1-4-15-34(16-5-1)35-27-29-37(30-28-35)50-52-49(36-17-6-2-7-18-36)53-51(54-50)38-19-14-22-40(31-38)56-46-26-13-11-24-42(46)44-32-43-41-23-10-12-25-45(41)55(47(43)33-48(44)56)39-20-8-3-9-21-39;1-3-12-30(13-4-1)40-29-41(31-14-5-2-6-15-31)48-46(47-40)32-22-25-34(26-23-32)49-42-20-9-7-16-36(42)39-28-33(24-27-43(39)49)35-18-11-19-38-37-17-8-10-21-44(37)50-45(35)38/h1-33H;1-29H. The number of thiophene rings is 1. The van der Waals surface area contributed by atoms with Crippen molar-refractivity contribution in [3.63, 3.8) is 0 Å². The predicted octanol–water partition coefficient (Wildman–Crippen LogP) is 25.3. The normalized spacial score (nSPS) is 11.6. The first kappa shape index (κ1) is 61.8. The van der Waals surface area contributed by atoms with Crippen LogP contribution in [0.5, 0.6) is 0 Å². The van der Waals surface area contributed by atoms with Gasteiger partial charge in [-0.2, -0.15) is 0 Å². The largest absolute Gasteiger partial charge is 0.309 e. The fourth-order valence-electron chi connectivity index (χ4n) is 15.4. The highest BCUT2D eigenvalue weighted by molar-refractivity contribution is 7.26. The topological polar surface area (TPSA) is 79.2 Å². The van der Waals surface area contributed by atoms with Crippen LogP contribution in [0, 0.1) is 0 Å². The van der Waals surface area contributed by atoms with E-state index in [2.05, 4.69) is 317 Å². The maximum Gasteiger partial charge on any atom is 0.164 e. The molecule has 8 nitrogen and oxygen atoms in total. The molecule has 0 fully saturated rings. The predicted molar refractivity (Wildman–Crippen MR) is 441 cm³/mol. The van der Waals surface area contributed by atoms with E-state index in [9.17, 15) is 0 Å². The second-order valence-electron chi connectivity index (χ2n) is 26.7. The van der Waals surface area contributed by atoms with Crippen LogP contribution in [-0.2, 0) is 0 Å². The van der Waals surface area contributed by atoms with Crippen LogP contribution in [0.1, 0.15) is 0 Å². The number of nitrogens with zero attached hydrogens (tertiary/aromatic N) is 8. The van der Waals surface area contributed by atoms with Crippen molar-refractivity contribution in [3.05, 3.63) is 376 Å². The molecule has 6 aromatic heterocycles. The van der Waals surface area contributed by atoms with E-state index < -0.39 is 0 Å². The van der Waals surface area contributed by atoms with Crippen molar-refractivity contribution in [3.8, 4) is 107 Å². The van der Waals surface area contributed by atoms with Crippen molar-refractivity contribution >= 4 is 96.9 Å². The fourth-order valence-corrected chi connectivity index (χ4v) is 16.6. The second-order valence-corrected chi connectivity index (χ2v) is 27.8. The van der Waals surface area contributed by atoms with Crippen molar-refractivity contribution in [1.82, 2.24) is 38.6 Å². The number of fused-ring (bicyclic) bond motifs is 12. The average molecular weight is 1370 g/mol. The van der Waals surface area contributed by atoms with Gasteiger partial charge in [-0.15, -0.1) is 11.3 Å². The van der Waals surface area contributed by atoms with Gasteiger partial charge in [-0.3, -0.25) is 0 Å². The molecular formula is C97H62N8S. The maximum atomic E-state index is 5.12. The van der Waals surface area contributed by atoms with E-state index in [1.54, 1.807) is 0 Å². The molecule has 15 aromatic carbocycles. The Morgan fingerprint density at radius 3 is 1.14 bits per heavy atom. The highest BCUT2D eigenvalue weighted by atomic mass is 32.1. The first-order valence-corrected chi connectivity index (χ1v) is 36.5. The van der Waals surface area contributed by atoms with E-state index in [0.717, 1.165) is 83.9 Å². The van der Waals surface area contributed by atoms with Crippen molar-refractivity contribution < 1.29 is 0 Å². The molecule has 0 saturated carbocycles. The molecule has 0 aliphatic rings. The minimum Gasteiger partial charge on any atom is -0.309 e. The van der Waals surface area contributed by atoms with E-state index >= 15 is 0 Å². The van der Waals surface area contributed by atoms with Gasteiger partial charge in [0.05, 0.1) is 44.5 Å². The summed E-state index contributed by atoms with van der Waals surface area (Å²) in [5.41, 5.74) is 22.8. The van der Waals surface area contributed by atoms with Crippen LogP contribution in [0.4, 0.5) is 0 Å². The molecule has 0 aliphatic carbocycles. The van der Waals surface area contributed by atoms with Crippen LogP contribution < -0.4 is 0 Å². The van der Waals surface area contributed by atoms with Crippen LogP contribution in [0.15, 0.2) is 376 Å². The Balaban J connectivity index is 0.000000141.